The fourth-order valence-electron chi connectivity index (χ4n) is 6.13. The molecule has 2 amide bonds. The van der Waals surface area contributed by atoms with Crippen molar-refractivity contribution in [3.63, 3.8) is 0 Å². The van der Waals surface area contributed by atoms with Gasteiger partial charge < -0.3 is 14.7 Å². The van der Waals surface area contributed by atoms with E-state index in [-0.39, 0.29) is 65.0 Å². The molecule has 0 N–H and O–H groups in total. The van der Waals surface area contributed by atoms with Crippen molar-refractivity contribution >= 4 is 45.8 Å². The quantitative estimate of drug-likeness (QED) is 0.299. The first-order chi connectivity index (χ1) is 20.9. The number of aromatic nitrogens is 3. The third kappa shape index (κ3) is 4.45. The van der Waals surface area contributed by atoms with Gasteiger partial charge in [-0.15, -0.1) is 0 Å². The fourth-order valence-corrected chi connectivity index (χ4v) is 6.39. The maximum Gasteiger partial charge on any atom is 0.283 e. The highest BCUT2D eigenvalue weighted by Crippen LogP contribution is 2.43. The Morgan fingerprint density at radius 1 is 1.11 bits per heavy atom. The molecule has 6 rings (SSSR count). The molecule has 1 aromatic carbocycles. The highest BCUT2D eigenvalue weighted by molar-refractivity contribution is 6.34. The Labute approximate surface area is 257 Å². The van der Waals surface area contributed by atoms with E-state index in [1.54, 1.807) is 23.2 Å². The van der Waals surface area contributed by atoms with E-state index in [1.807, 2.05) is 20.8 Å². The Hall–Kier alpha value is -4.64. The topological polar surface area (TPSA) is 91.6 Å². The van der Waals surface area contributed by atoms with E-state index in [4.69, 9.17) is 16.6 Å². The molecule has 0 unspecified atom stereocenters. The van der Waals surface area contributed by atoms with Crippen LogP contribution in [0.3, 0.4) is 0 Å². The SMILES string of the molecule is C=CC(=O)N1CCN2c3c(c(=O)n(-c4c(C)ccnc4C(C)C)c4nc(-c5cc(F)ccc5F)c(Cl)cc34)N(C)C(=O)[C@H]2C1. The number of carbonyl (C=O) groups excluding carboxylic acids is 2. The minimum Gasteiger partial charge on any atom is -0.354 e. The molecule has 2 aliphatic rings. The van der Waals surface area contributed by atoms with Gasteiger partial charge in [0, 0.05) is 37.3 Å². The number of halogens is 3. The Kier molecular flexibility index (Phi) is 7.23. The standard InChI is InChI=1S/C32H29ClF2N6O3/c1-6-24(42)39-11-12-40-23(15-39)31(43)38(5)29-28(40)20-14-21(33)26(19-13-18(34)7-8-22(19)35)37-30(20)41(32(29)44)27-17(4)9-10-36-25(27)16(2)3/h6-10,13-14,16,23H,1,11-12,15H2,2-5H3/t23-/m1/s1. The number of aryl methyl sites for hydroxylation is 1. The molecule has 0 saturated carbocycles. The summed E-state index contributed by atoms with van der Waals surface area (Å²) in [7, 11) is 1.52. The molecule has 1 fully saturated rings. The Balaban J connectivity index is 1.74. The molecule has 0 bridgehead atoms. The van der Waals surface area contributed by atoms with Gasteiger partial charge in [-0.05, 0) is 54.8 Å². The average molecular weight is 619 g/mol. The third-order valence-electron chi connectivity index (χ3n) is 8.27. The summed E-state index contributed by atoms with van der Waals surface area (Å²) in [6.45, 7) is 9.91. The van der Waals surface area contributed by atoms with E-state index in [0.29, 0.717) is 22.5 Å². The number of hydrogen-bond donors (Lipinski definition) is 0. The molecule has 0 spiro atoms. The van der Waals surface area contributed by atoms with E-state index < -0.39 is 23.2 Å². The lowest BCUT2D eigenvalue weighted by molar-refractivity contribution is -0.128. The molecule has 0 aliphatic carbocycles. The maximum atomic E-state index is 15.1. The van der Waals surface area contributed by atoms with Crippen molar-refractivity contribution in [2.45, 2.75) is 32.7 Å². The lowest BCUT2D eigenvalue weighted by Gasteiger charge is -2.47. The minimum atomic E-state index is -0.783. The van der Waals surface area contributed by atoms with Crippen LogP contribution in [0.5, 0.6) is 0 Å². The number of anilines is 2. The van der Waals surface area contributed by atoms with E-state index in [9.17, 15) is 18.8 Å². The second-order valence-electron chi connectivity index (χ2n) is 11.3. The predicted octanol–water partition coefficient (Wildman–Crippen LogP) is 4.99. The number of piperazine rings is 1. The molecule has 226 valence electrons. The Morgan fingerprint density at radius 3 is 2.57 bits per heavy atom. The van der Waals surface area contributed by atoms with Crippen LogP contribution >= 0.6 is 11.6 Å². The van der Waals surface area contributed by atoms with Gasteiger partial charge in [0.2, 0.25) is 5.91 Å². The van der Waals surface area contributed by atoms with Crippen molar-refractivity contribution in [3.8, 4) is 16.9 Å². The number of amides is 2. The van der Waals surface area contributed by atoms with Crippen LogP contribution in [0.25, 0.3) is 28.0 Å². The summed E-state index contributed by atoms with van der Waals surface area (Å²) in [5.74, 6) is -2.17. The molecule has 1 saturated heterocycles. The molecule has 1 atom stereocenters. The van der Waals surface area contributed by atoms with Crippen LogP contribution in [0.2, 0.25) is 5.02 Å². The summed E-state index contributed by atoms with van der Waals surface area (Å²) in [5.41, 5.74) is 1.74. The smallest absolute Gasteiger partial charge is 0.283 e. The summed E-state index contributed by atoms with van der Waals surface area (Å²) in [5, 5.41) is 0.453. The van der Waals surface area contributed by atoms with E-state index in [1.165, 1.54) is 27.5 Å². The van der Waals surface area contributed by atoms with Crippen molar-refractivity contribution in [2.24, 2.45) is 0 Å². The summed E-state index contributed by atoms with van der Waals surface area (Å²) < 4.78 is 30.8. The molecular weight excluding hydrogens is 590 g/mol. The van der Waals surface area contributed by atoms with Gasteiger partial charge in [-0.1, -0.05) is 32.0 Å². The molecule has 9 nitrogen and oxygen atoms in total. The monoisotopic (exact) mass is 618 g/mol. The predicted molar refractivity (Wildman–Crippen MR) is 166 cm³/mol. The molecule has 5 heterocycles. The molecule has 12 heteroatoms. The Bertz CT molecular complexity index is 1960. The summed E-state index contributed by atoms with van der Waals surface area (Å²) in [6.07, 6.45) is 2.86. The zero-order valence-electron chi connectivity index (χ0n) is 24.6. The van der Waals surface area contributed by atoms with Gasteiger partial charge in [-0.2, -0.15) is 0 Å². The van der Waals surface area contributed by atoms with Crippen molar-refractivity contribution in [3.05, 3.63) is 87.5 Å². The zero-order chi connectivity index (χ0) is 31.6. The van der Waals surface area contributed by atoms with Crippen molar-refractivity contribution in [1.29, 1.82) is 0 Å². The van der Waals surface area contributed by atoms with Crippen LogP contribution in [0, 0.1) is 18.6 Å². The van der Waals surface area contributed by atoms with Crippen molar-refractivity contribution in [1.82, 2.24) is 19.4 Å². The first kappa shape index (κ1) is 29.4. The lowest BCUT2D eigenvalue weighted by Crippen LogP contribution is -2.63. The summed E-state index contributed by atoms with van der Waals surface area (Å²) in [4.78, 5) is 54.9. The molecule has 2 aliphatic heterocycles. The second kappa shape index (κ2) is 10.8. The van der Waals surface area contributed by atoms with Gasteiger partial charge in [0.15, 0.2) is 0 Å². The zero-order valence-corrected chi connectivity index (χ0v) is 25.3. The second-order valence-corrected chi connectivity index (χ2v) is 11.7. The van der Waals surface area contributed by atoms with Gasteiger partial charge in [-0.25, -0.2) is 13.8 Å². The van der Waals surface area contributed by atoms with Crippen LogP contribution in [0.4, 0.5) is 20.2 Å². The van der Waals surface area contributed by atoms with Crippen LogP contribution in [0.15, 0.2) is 54.0 Å². The Morgan fingerprint density at radius 2 is 1.86 bits per heavy atom. The number of benzene rings is 1. The molecule has 0 radical (unpaired) electrons. The highest BCUT2D eigenvalue weighted by Gasteiger charge is 2.44. The van der Waals surface area contributed by atoms with Crippen LogP contribution < -0.4 is 15.4 Å². The van der Waals surface area contributed by atoms with Gasteiger partial charge in [0.05, 0.1) is 34.3 Å². The first-order valence-electron chi connectivity index (χ1n) is 14.1. The fraction of sp³-hybridized carbons (Fsp3) is 0.281. The van der Waals surface area contributed by atoms with Crippen LogP contribution in [-0.4, -0.2) is 64.0 Å². The average Bonchev–Trinajstić information content (AvgIpc) is 3.00. The highest BCUT2D eigenvalue weighted by atomic mass is 35.5. The summed E-state index contributed by atoms with van der Waals surface area (Å²) >= 11 is 6.77. The van der Waals surface area contributed by atoms with Gasteiger partial charge in [0.25, 0.3) is 11.5 Å². The normalized spacial score (nSPS) is 16.4. The van der Waals surface area contributed by atoms with Gasteiger partial charge in [-0.3, -0.25) is 23.9 Å². The summed E-state index contributed by atoms with van der Waals surface area (Å²) in [6, 6.07) is 5.55. The number of likely N-dealkylation sites (N-methyl/N-ethyl adjacent to an activating group) is 1. The number of hydrogen-bond acceptors (Lipinski definition) is 6. The lowest BCUT2D eigenvalue weighted by atomic mass is 10.00. The van der Waals surface area contributed by atoms with Crippen LogP contribution in [-0.2, 0) is 9.59 Å². The minimum absolute atomic E-state index is 0.0259. The molecular formula is C32H29ClF2N6O3. The van der Waals surface area contributed by atoms with Crippen LogP contribution in [0.1, 0.15) is 31.0 Å². The number of pyridine rings is 3. The van der Waals surface area contributed by atoms with E-state index in [2.05, 4.69) is 11.6 Å². The van der Waals surface area contributed by atoms with Gasteiger partial charge >= 0.3 is 0 Å². The van der Waals surface area contributed by atoms with E-state index >= 15 is 4.39 Å². The number of rotatable bonds is 4. The molecule has 4 aromatic rings. The number of fused-ring (bicyclic) bond motifs is 5. The van der Waals surface area contributed by atoms with Crippen molar-refractivity contribution in [2.75, 3.05) is 36.5 Å². The largest absolute Gasteiger partial charge is 0.354 e. The number of carbonyl (C=O) groups is 2. The maximum absolute atomic E-state index is 15.1. The first-order valence-corrected chi connectivity index (χ1v) is 14.5. The van der Waals surface area contributed by atoms with E-state index in [0.717, 1.165) is 23.8 Å². The third-order valence-corrected chi connectivity index (χ3v) is 8.55. The van der Waals surface area contributed by atoms with Crippen molar-refractivity contribution < 1.29 is 18.4 Å². The molecule has 3 aromatic heterocycles. The number of nitrogens with zero attached hydrogens (tertiary/aromatic N) is 6. The van der Waals surface area contributed by atoms with Gasteiger partial charge in [0.1, 0.15) is 29.0 Å². The molecule has 44 heavy (non-hydrogen) atoms.